The van der Waals surface area contributed by atoms with Crippen LogP contribution in [-0.2, 0) is 10.0 Å². The van der Waals surface area contributed by atoms with Crippen LogP contribution in [0.25, 0.3) is 0 Å². The Morgan fingerprint density at radius 1 is 1.29 bits per heavy atom. The van der Waals surface area contributed by atoms with Gasteiger partial charge in [0, 0.05) is 13.1 Å². The van der Waals surface area contributed by atoms with Crippen LogP contribution in [0.15, 0.2) is 17.0 Å². The molecule has 0 radical (unpaired) electrons. The lowest BCUT2D eigenvalue weighted by molar-refractivity contribution is 0.410. The zero-order valence-electron chi connectivity index (χ0n) is 9.74. The Balaban J connectivity index is 3.41. The van der Waals surface area contributed by atoms with Crippen molar-refractivity contribution in [3.05, 3.63) is 22.2 Å². The van der Waals surface area contributed by atoms with Crippen LogP contribution in [0.3, 0.4) is 0 Å². The summed E-state index contributed by atoms with van der Waals surface area (Å²) in [5.41, 5.74) is 5.68. The third-order valence-corrected chi connectivity index (χ3v) is 5.40. The largest absolute Gasteiger partial charge is 0.396 e. The van der Waals surface area contributed by atoms with E-state index in [0.29, 0.717) is 0 Å². The first-order chi connectivity index (χ1) is 7.69. The lowest BCUT2D eigenvalue weighted by atomic mass is 10.3. The van der Waals surface area contributed by atoms with Gasteiger partial charge in [-0.15, -0.1) is 0 Å². The van der Waals surface area contributed by atoms with Crippen LogP contribution < -0.4 is 5.73 Å². The highest BCUT2D eigenvalue weighted by atomic mass is 35.5. The number of nitrogens with zero attached hydrogens (tertiary/aromatic N) is 1. The molecule has 0 heterocycles. The molecule has 1 aromatic rings. The Hall–Kier alpha value is -0.490. The number of halogens is 2. The molecule has 0 atom stereocenters. The molecule has 1 aromatic carbocycles. The molecule has 0 aromatic heterocycles. The molecular weight excluding hydrogens is 283 g/mol. The fourth-order valence-electron chi connectivity index (χ4n) is 1.18. The quantitative estimate of drug-likeness (QED) is 0.872. The molecule has 0 spiro atoms. The highest BCUT2D eigenvalue weighted by Crippen LogP contribution is 2.34. The number of nitrogens with two attached hydrogens (primary N) is 1. The SMILES string of the molecule is CC(C)N(C)S(=O)(=O)c1ccc(Cl)c(N)c1Cl. The lowest BCUT2D eigenvalue weighted by Crippen LogP contribution is -2.33. The summed E-state index contributed by atoms with van der Waals surface area (Å²) in [7, 11) is -2.16. The summed E-state index contributed by atoms with van der Waals surface area (Å²) in [6.07, 6.45) is 0. The van der Waals surface area contributed by atoms with E-state index in [1.807, 2.05) is 0 Å². The second-order valence-corrected chi connectivity index (χ2v) is 6.64. The van der Waals surface area contributed by atoms with Crippen molar-refractivity contribution in [2.75, 3.05) is 12.8 Å². The molecule has 0 aliphatic rings. The van der Waals surface area contributed by atoms with Crippen LogP contribution in [0.5, 0.6) is 0 Å². The summed E-state index contributed by atoms with van der Waals surface area (Å²) in [4.78, 5) is -0.0303. The number of hydrogen-bond donors (Lipinski definition) is 1. The molecule has 0 saturated carbocycles. The van der Waals surface area contributed by atoms with Gasteiger partial charge in [0.1, 0.15) is 4.90 Å². The van der Waals surface area contributed by atoms with E-state index in [0.717, 1.165) is 0 Å². The highest BCUT2D eigenvalue weighted by molar-refractivity contribution is 7.89. The molecule has 96 valence electrons. The Morgan fingerprint density at radius 2 is 1.82 bits per heavy atom. The fourth-order valence-corrected chi connectivity index (χ4v) is 3.29. The monoisotopic (exact) mass is 296 g/mol. The summed E-state index contributed by atoms with van der Waals surface area (Å²) in [5.74, 6) is 0. The van der Waals surface area contributed by atoms with Gasteiger partial charge in [-0.1, -0.05) is 23.2 Å². The smallest absolute Gasteiger partial charge is 0.244 e. The van der Waals surface area contributed by atoms with Crippen LogP contribution in [0.1, 0.15) is 13.8 Å². The molecule has 2 N–H and O–H groups in total. The topological polar surface area (TPSA) is 63.4 Å². The molecule has 0 aliphatic carbocycles. The van der Waals surface area contributed by atoms with Crippen LogP contribution in [-0.4, -0.2) is 25.8 Å². The van der Waals surface area contributed by atoms with E-state index in [1.54, 1.807) is 13.8 Å². The van der Waals surface area contributed by atoms with Crippen molar-refractivity contribution in [3.63, 3.8) is 0 Å². The average Bonchev–Trinajstić information content (AvgIpc) is 2.24. The van der Waals surface area contributed by atoms with Crippen molar-refractivity contribution in [2.24, 2.45) is 0 Å². The van der Waals surface area contributed by atoms with E-state index in [-0.39, 0.29) is 26.7 Å². The van der Waals surface area contributed by atoms with Crippen molar-refractivity contribution in [2.45, 2.75) is 24.8 Å². The van der Waals surface area contributed by atoms with Crippen molar-refractivity contribution in [3.8, 4) is 0 Å². The Kier molecular flexibility index (Phi) is 4.30. The van der Waals surface area contributed by atoms with E-state index in [9.17, 15) is 8.42 Å². The van der Waals surface area contributed by atoms with E-state index >= 15 is 0 Å². The zero-order valence-corrected chi connectivity index (χ0v) is 12.1. The van der Waals surface area contributed by atoms with Gasteiger partial charge in [0.05, 0.1) is 15.7 Å². The molecule has 0 bridgehead atoms. The van der Waals surface area contributed by atoms with Gasteiger partial charge in [-0.05, 0) is 26.0 Å². The molecule has 0 saturated heterocycles. The molecule has 0 amide bonds. The van der Waals surface area contributed by atoms with Gasteiger partial charge in [0.25, 0.3) is 0 Å². The van der Waals surface area contributed by atoms with Gasteiger partial charge in [0.15, 0.2) is 0 Å². The van der Waals surface area contributed by atoms with Crippen molar-refractivity contribution < 1.29 is 8.42 Å². The van der Waals surface area contributed by atoms with Crippen LogP contribution in [0.4, 0.5) is 5.69 Å². The number of nitrogen functional groups attached to an aromatic ring is 1. The maximum Gasteiger partial charge on any atom is 0.244 e. The number of benzene rings is 1. The maximum atomic E-state index is 12.2. The lowest BCUT2D eigenvalue weighted by Gasteiger charge is -2.22. The molecular formula is C10H14Cl2N2O2S. The molecule has 1 rings (SSSR count). The summed E-state index contributed by atoms with van der Waals surface area (Å²) in [6.45, 7) is 3.54. The Morgan fingerprint density at radius 3 is 2.29 bits per heavy atom. The predicted molar refractivity (Wildman–Crippen MR) is 71.0 cm³/mol. The van der Waals surface area contributed by atoms with Gasteiger partial charge in [-0.3, -0.25) is 0 Å². The molecule has 4 nitrogen and oxygen atoms in total. The van der Waals surface area contributed by atoms with E-state index < -0.39 is 10.0 Å². The van der Waals surface area contributed by atoms with Gasteiger partial charge in [-0.25, -0.2) is 8.42 Å². The van der Waals surface area contributed by atoms with Gasteiger partial charge < -0.3 is 5.73 Å². The summed E-state index contributed by atoms with van der Waals surface area (Å²) < 4.78 is 25.6. The summed E-state index contributed by atoms with van der Waals surface area (Å²) in [6, 6.07) is 2.60. The minimum atomic E-state index is -3.65. The van der Waals surface area contributed by atoms with Crippen LogP contribution in [0.2, 0.25) is 10.0 Å². The first kappa shape index (κ1) is 14.6. The van der Waals surface area contributed by atoms with Gasteiger partial charge in [0.2, 0.25) is 10.0 Å². The minimum Gasteiger partial charge on any atom is -0.396 e. The normalized spacial score (nSPS) is 12.4. The standard InChI is InChI=1S/C10H14Cl2N2O2S/c1-6(2)14(3)17(15,16)8-5-4-7(11)10(13)9(8)12/h4-6H,13H2,1-3H3. The number of sulfonamides is 1. The average molecular weight is 297 g/mol. The van der Waals surface area contributed by atoms with Gasteiger partial charge >= 0.3 is 0 Å². The third-order valence-electron chi connectivity index (χ3n) is 2.48. The van der Waals surface area contributed by atoms with E-state index in [1.165, 1.54) is 23.5 Å². The van der Waals surface area contributed by atoms with Crippen LogP contribution >= 0.6 is 23.2 Å². The highest BCUT2D eigenvalue weighted by Gasteiger charge is 2.26. The van der Waals surface area contributed by atoms with Crippen molar-refractivity contribution in [1.82, 2.24) is 4.31 Å². The molecule has 0 fully saturated rings. The predicted octanol–water partition coefficient (Wildman–Crippen LogP) is 2.60. The van der Waals surface area contributed by atoms with Crippen molar-refractivity contribution >= 4 is 38.9 Å². The number of rotatable bonds is 3. The molecule has 0 unspecified atom stereocenters. The number of anilines is 1. The third kappa shape index (κ3) is 2.68. The molecule has 0 aliphatic heterocycles. The molecule has 17 heavy (non-hydrogen) atoms. The first-order valence-electron chi connectivity index (χ1n) is 4.91. The zero-order chi connectivity index (χ0) is 13.4. The Bertz CT molecular complexity index is 529. The summed E-state index contributed by atoms with van der Waals surface area (Å²) >= 11 is 11.7. The van der Waals surface area contributed by atoms with Crippen LogP contribution in [0, 0.1) is 0 Å². The van der Waals surface area contributed by atoms with Gasteiger partial charge in [-0.2, -0.15) is 4.31 Å². The van der Waals surface area contributed by atoms with E-state index in [4.69, 9.17) is 28.9 Å². The fraction of sp³-hybridized carbons (Fsp3) is 0.400. The molecule has 7 heteroatoms. The summed E-state index contributed by atoms with van der Waals surface area (Å²) in [5, 5.41) is 0.200. The second-order valence-electron chi connectivity index (χ2n) is 3.89. The van der Waals surface area contributed by atoms with E-state index in [2.05, 4.69) is 0 Å². The second kappa shape index (κ2) is 5.02. The number of hydrogen-bond acceptors (Lipinski definition) is 3. The minimum absolute atomic E-state index is 0.0303. The first-order valence-corrected chi connectivity index (χ1v) is 7.10. The maximum absolute atomic E-state index is 12.2. The Labute approximate surface area is 111 Å². The van der Waals surface area contributed by atoms with Crippen molar-refractivity contribution in [1.29, 1.82) is 0 Å².